The number of nitrogens with zero attached hydrogens (tertiary/aromatic N) is 1. The number of hydrogen-bond donors (Lipinski definition) is 2. The first-order chi connectivity index (χ1) is 21.6. The molecule has 0 heterocycles. The fraction of sp³-hybridized carbons (Fsp3) is 0. The van der Waals surface area contributed by atoms with E-state index in [1.54, 1.807) is 12.1 Å². The van der Waals surface area contributed by atoms with Gasteiger partial charge in [-0.1, -0.05) is 127 Å². The molecule has 4 heteroatoms. The second-order valence-corrected chi connectivity index (χ2v) is 10.9. The Balaban J connectivity index is 1.28. The number of rotatable bonds is 7. The van der Waals surface area contributed by atoms with Crippen LogP contribution in [0.2, 0.25) is 0 Å². The fourth-order valence-electron chi connectivity index (χ4n) is 5.72. The van der Waals surface area contributed by atoms with Crippen LogP contribution in [0.5, 0.6) is 0 Å². The van der Waals surface area contributed by atoms with Crippen LogP contribution < -0.4 is 10.4 Å². The summed E-state index contributed by atoms with van der Waals surface area (Å²) in [4.78, 5) is 2.29. The van der Waals surface area contributed by atoms with Gasteiger partial charge >= 0.3 is 7.12 Å². The molecule has 0 aliphatic rings. The smallest absolute Gasteiger partial charge is 0.423 e. The maximum Gasteiger partial charge on any atom is 0.488 e. The Morgan fingerprint density at radius 2 is 0.818 bits per heavy atom. The molecule has 0 saturated heterocycles. The zero-order chi connectivity index (χ0) is 29.9. The molecule has 7 aromatic rings. The van der Waals surface area contributed by atoms with Gasteiger partial charge in [-0.2, -0.15) is 0 Å². The molecule has 0 aliphatic carbocycles. The zero-order valence-electron chi connectivity index (χ0n) is 24.1. The summed E-state index contributed by atoms with van der Waals surface area (Å²) >= 11 is 0. The van der Waals surface area contributed by atoms with Crippen molar-refractivity contribution < 1.29 is 10.0 Å². The third kappa shape index (κ3) is 5.65. The first-order valence-corrected chi connectivity index (χ1v) is 14.7. The van der Waals surface area contributed by atoms with Crippen molar-refractivity contribution >= 4 is 40.4 Å². The molecule has 0 unspecified atom stereocenters. The Labute approximate surface area is 258 Å². The SMILES string of the molecule is OB(O)c1ccc(-c2ccc(N(c3ccc(-c4ccccc4)cc3)c3cccc(-c4ccc5ccccc5c4)c3)cc2)cc1. The normalized spacial score (nSPS) is 11.0. The minimum Gasteiger partial charge on any atom is -0.423 e. The van der Waals surface area contributed by atoms with E-state index in [0.717, 1.165) is 33.8 Å². The van der Waals surface area contributed by atoms with Crippen molar-refractivity contribution in [1.29, 1.82) is 0 Å². The number of fused-ring (bicyclic) bond motifs is 1. The molecular weight excluding hydrogens is 537 g/mol. The van der Waals surface area contributed by atoms with Gasteiger partial charge in [-0.25, -0.2) is 0 Å². The predicted molar refractivity (Wildman–Crippen MR) is 185 cm³/mol. The molecule has 0 aliphatic heterocycles. The van der Waals surface area contributed by atoms with Crippen molar-refractivity contribution in [2.24, 2.45) is 0 Å². The highest BCUT2D eigenvalue weighted by molar-refractivity contribution is 6.58. The third-order valence-corrected chi connectivity index (χ3v) is 8.09. The van der Waals surface area contributed by atoms with Crippen LogP contribution in [0, 0.1) is 0 Å². The van der Waals surface area contributed by atoms with E-state index < -0.39 is 7.12 Å². The number of anilines is 3. The number of benzene rings is 7. The molecule has 0 aromatic heterocycles. The van der Waals surface area contributed by atoms with Gasteiger partial charge in [0.15, 0.2) is 0 Å². The minimum absolute atomic E-state index is 0.474. The summed E-state index contributed by atoms with van der Waals surface area (Å²) in [7, 11) is -1.47. The van der Waals surface area contributed by atoms with Gasteiger partial charge in [-0.15, -0.1) is 0 Å². The summed E-state index contributed by atoms with van der Waals surface area (Å²) in [6.07, 6.45) is 0. The van der Waals surface area contributed by atoms with Crippen LogP contribution in [0.1, 0.15) is 0 Å². The standard InChI is InChI=1S/C40H30BNO2/c43-41(44)37-21-15-31(16-22-37)33-19-25-39(26-20-33)42(38-23-17-32(18-24-38)29-7-2-1-3-8-29)40-12-6-11-35(28-40)36-14-13-30-9-4-5-10-34(30)27-36/h1-28,43-44H. The second-order valence-electron chi connectivity index (χ2n) is 10.9. The first kappa shape index (κ1) is 27.4. The van der Waals surface area contributed by atoms with Crippen molar-refractivity contribution in [1.82, 2.24) is 0 Å². The quantitative estimate of drug-likeness (QED) is 0.189. The second kappa shape index (κ2) is 12.1. The molecule has 0 bridgehead atoms. The fourth-order valence-corrected chi connectivity index (χ4v) is 5.72. The van der Waals surface area contributed by atoms with E-state index in [4.69, 9.17) is 0 Å². The molecule has 44 heavy (non-hydrogen) atoms. The summed E-state index contributed by atoms with van der Waals surface area (Å²) in [5.74, 6) is 0. The highest BCUT2D eigenvalue weighted by Crippen LogP contribution is 2.38. The Morgan fingerprint density at radius 1 is 0.341 bits per heavy atom. The van der Waals surface area contributed by atoms with Crippen molar-refractivity contribution in [3.8, 4) is 33.4 Å². The molecule has 0 saturated carbocycles. The van der Waals surface area contributed by atoms with Gasteiger partial charge in [-0.3, -0.25) is 0 Å². The Bertz CT molecular complexity index is 2020. The van der Waals surface area contributed by atoms with Gasteiger partial charge in [-0.05, 0) is 92.1 Å². The van der Waals surface area contributed by atoms with Crippen LogP contribution in [0.15, 0.2) is 170 Å². The van der Waals surface area contributed by atoms with Crippen LogP contribution in [-0.2, 0) is 0 Å². The average molecular weight is 567 g/mol. The highest BCUT2D eigenvalue weighted by Gasteiger charge is 2.15. The summed E-state index contributed by atoms with van der Waals surface area (Å²) in [6.45, 7) is 0. The molecule has 2 N–H and O–H groups in total. The lowest BCUT2D eigenvalue weighted by Gasteiger charge is -2.26. The Hall–Kier alpha value is -5.42. The van der Waals surface area contributed by atoms with Crippen molar-refractivity contribution in [2.75, 3.05) is 4.90 Å². The molecular formula is C40H30BNO2. The van der Waals surface area contributed by atoms with Crippen LogP contribution in [-0.4, -0.2) is 17.2 Å². The van der Waals surface area contributed by atoms with E-state index in [1.807, 2.05) is 18.2 Å². The van der Waals surface area contributed by atoms with Crippen molar-refractivity contribution in [3.63, 3.8) is 0 Å². The lowest BCUT2D eigenvalue weighted by Crippen LogP contribution is -2.29. The number of hydrogen-bond acceptors (Lipinski definition) is 3. The first-order valence-electron chi connectivity index (χ1n) is 14.7. The summed E-state index contributed by atoms with van der Waals surface area (Å²) in [5.41, 5.74) is 10.4. The van der Waals surface area contributed by atoms with Crippen LogP contribution in [0.4, 0.5) is 17.1 Å². The van der Waals surface area contributed by atoms with Crippen LogP contribution in [0.25, 0.3) is 44.2 Å². The molecule has 0 atom stereocenters. The molecule has 0 spiro atoms. The maximum atomic E-state index is 9.47. The zero-order valence-corrected chi connectivity index (χ0v) is 24.1. The van der Waals surface area contributed by atoms with E-state index in [-0.39, 0.29) is 0 Å². The van der Waals surface area contributed by atoms with E-state index in [0.29, 0.717) is 5.46 Å². The van der Waals surface area contributed by atoms with E-state index in [9.17, 15) is 10.0 Å². The Kier molecular flexibility index (Phi) is 7.52. The van der Waals surface area contributed by atoms with Crippen molar-refractivity contribution in [3.05, 3.63) is 170 Å². The van der Waals surface area contributed by atoms with Crippen LogP contribution in [0.3, 0.4) is 0 Å². The van der Waals surface area contributed by atoms with Crippen molar-refractivity contribution in [2.45, 2.75) is 0 Å². The molecule has 0 amide bonds. The largest absolute Gasteiger partial charge is 0.488 e. The summed E-state index contributed by atoms with van der Waals surface area (Å²) in [6, 6.07) is 58.7. The lowest BCUT2D eigenvalue weighted by molar-refractivity contribution is 0.426. The third-order valence-electron chi connectivity index (χ3n) is 8.09. The monoisotopic (exact) mass is 567 g/mol. The van der Waals surface area contributed by atoms with Gasteiger partial charge in [0.1, 0.15) is 0 Å². The molecule has 7 aromatic carbocycles. The summed E-state index contributed by atoms with van der Waals surface area (Å²) in [5, 5.41) is 21.4. The van der Waals surface area contributed by atoms with Crippen LogP contribution >= 0.6 is 0 Å². The average Bonchev–Trinajstić information content (AvgIpc) is 3.09. The van der Waals surface area contributed by atoms with E-state index >= 15 is 0 Å². The predicted octanol–water partition coefficient (Wildman–Crippen LogP) is 8.99. The molecule has 210 valence electrons. The van der Waals surface area contributed by atoms with E-state index in [2.05, 4.69) is 144 Å². The highest BCUT2D eigenvalue weighted by atomic mass is 16.4. The lowest BCUT2D eigenvalue weighted by atomic mass is 9.80. The maximum absolute atomic E-state index is 9.47. The van der Waals surface area contributed by atoms with Gasteiger partial charge in [0.05, 0.1) is 0 Å². The van der Waals surface area contributed by atoms with Gasteiger partial charge in [0, 0.05) is 17.1 Å². The minimum atomic E-state index is -1.47. The summed E-state index contributed by atoms with van der Waals surface area (Å²) < 4.78 is 0. The van der Waals surface area contributed by atoms with Gasteiger partial charge in [0.25, 0.3) is 0 Å². The molecule has 0 fully saturated rings. The topological polar surface area (TPSA) is 43.7 Å². The van der Waals surface area contributed by atoms with Gasteiger partial charge in [0.2, 0.25) is 0 Å². The van der Waals surface area contributed by atoms with E-state index in [1.165, 1.54) is 27.5 Å². The van der Waals surface area contributed by atoms with Gasteiger partial charge < -0.3 is 14.9 Å². The Morgan fingerprint density at radius 3 is 1.43 bits per heavy atom. The molecule has 3 nitrogen and oxygen atoms in total. The molecule has 0 radical (unpaired) electrons. The molecule has 7 rings (SSSR count).